The lowest BCUT2D eigenvalue weighted by atomic mass is 10.1. The van der Waals surface area contributed by atoms with Crippen LogP contribution in [0.3, 0.4) is 0 Å². The normalized spacial score (nSPS) is 12.8. The van der Waals surface area contributed by atoms with Gasteiger partial charge in [-0.3, -0.25) is 13.9 Å². The smallest absolute Gasteiger partial charge is 0.352 e. The minimum Gasteiger partial charge on any atom is -0.352 e. The van der Waals surface area contributed by atoms with Crippen molar-refractivity contribution >= 4 is 39.1 Å². The van der Waals surface area contributed by atoms with Gasteiger partial charge in [-0.05, 0) is 62.6 Å². The van der Waals surface area contributed by atoms with E-state index in [2.05, 4.69) is 5.32 Å². The lowest BCUT2D eigenvalue weighted by Crippen LogP contribution is -2.50. The number of nitrogens with zero attached hydrogens (tertiary/aromatic N) is 2. The molecule has 7 nitrogen and oxygen atoms in total. The molecule has 0 radical (unpaired) electrons. The first-order valence-corrected chi connectivity index (χ1v) is 14.3. The van der Waals surface area contributed by atoms with Gasteiger partial charge in [0.1, 0.15) is 6.04 Å². The average Bonchev–Trinajstić information content (AvgIpc) is 2.81. The Morgan fingerprint density at radius 1 is 1.08 bits per heavy atom. The van der Waals surface area contributed by atoms with Gasteiger partial charge in [-0.1, -0.05) is 36.7 Å². The maximum Gasteiger partial charge on any atom is 0.416 e. The Balaban J connectivity index is 2.25. The van der Waals surface area contributed by atoms with Crippen LogP contribution < -0.4 is 9.62 Å². The van der Waals surface area contributed by atoms with Crippen molar-refractivity contribution in [1.82, 2.24) is 10.2 Å². The Hall–Kier alpha value is -2.79. The third-order valence-corrected chi connectivity index (χ3v) is 7.14. The number of benzene rings is 2. The van der Waals surface area contributed by atoms with Crippen LogP contribution in [0.1, 0.15) is 51.2 Å². The molecule has 38 heavy (non-hydrogen) atoms. The summed E-state index contributed by atoms with van der Waals surface area (Å²) in [6.45, 7) is 5.32. The van der Waals surface area contributed by atoms with E-state index in [1.54, 1.807) is 31.2 Å². The predicted molar refractivity (Wildman–Crippen MR) is 142 cm³/mol. The summed E-state index contributed by atoms with van der Waals surface area (Å²) in [6.07, 6.45) is -3.49. The van der Waals surface area contributed by atoms with E-state index in [1.165, 1.54) is 11.0 Å². The quantitative estimate of drug-likeness (QED) is 0.375. The van der Waals surface area contributed by atoms with Crippen molar-refractivity contribution in [3.05, 3.63) is 64.7 Å². The minimum atomic E-state index is -4.64. The molecule has 1 N–H and O–H groups in total. The van der Waals surface area contributed by atoms with E-state index in [0.717, 1.165) is 34.3 Å². The summed E-state index contributed by atoms with van der Waals surface area (Å²) in [4.78, 5) is 27.7. The standard InChI is InChI=1S/C26H33ClF3N3O4S/c1-5-23(25(35)31-18(2)3)32(17-19-11-13-21(27)14-12-19)24(34)10-7-15-33(38(4,36)37)22-9-6-8-20(16-22)26(28,29)30/h6,8-9,11-14,16,18,23H,5,7,10,15,17H2,1-4H3,(H,31,35)/t23-/m0/s1. The molecule has 2 amide bonds. The second-order valence-electron chi connectivity index (χ2n) is 9.22. The molecule has 0 aliphatic carbocycles. The molecule has 210 valence electrons. The van der Waals surface area contributed by atoms with Gasteiger partial charge in [0.15, 0.2) is 0 Å². The molecule has 2 aromatic carbocycles. The van der Waals surface area contributed by atoms with Crippen LogP contribution in [-0.2, 0) is 32.3 Å². The first kappa shape index (κ1) is 31.4. The third kappa shape index (κ3) is 9.20. The average molecular weight is 576 g/mol. The van der Waals surface area contributed by atoms with Gasteiger partial charge in [0.25, 0.3) is 0 Å². The van der Waals surface area contributed by atoms with Gasteiger partial charge in [0.05, 0.1) is 17.5 Å². The monoisotopic (exact) mass is 575 g/mol. The Morgan fingerprint density at radius 2 is 1.71 bits per heavy atom. The van der Waals surface area contributed by atoms with Gasteiger partial charge < -0.3 is 10.2 Å². The minimum absolute atomic E-state index is 0.0293. The molecule has 0 saturated heterocycles. The second kappa shape index (κ2) is 13.3. The molecule has 0 fully saturated rings. The Kier molecular flexibility index (Phi) is 11.0. The molecule has 0 bridgehead atoms. The van der Waals surface area contributed by atoms with Crippen LogP contribution in [0.5, 0.6) is 0 Å². The lowest BCUT2D eigenvalue weighted by molar-refractivity contribution is -0.141. The summed E-state index contributed by atoms with van der Waals surface area (Å²) in [5.41, 5.74) is -0.369. The summed E-state index contributed by atoms with van der Waals surface area (Å²) in [5, 5.41) is 3.34. The number of sulfonamides is 1. The van der Waals surface area contributed by atoms with Gasteiger partial charge in [0.2, 0.25) is 21.8 Å². The van der Waals surface area contributed by atoms with Crippen LogP contribution in [0.4, 0.5) is 18.9 Å². The van der Waals surface area contributed by atoms with E-state index in [9.17, 15) is 31.2 Å². The lowest BCUT2D eigenvalue weighted by Gasteiger charge is -2.31. The second-order valence-corrected chi connectivity index (χ2v) is 11.6. The van der Waals surface area contributed by atoms with Crippen LogP contribution in [0.15, 0.2) is 48.5 Å². The highest BCUT2D eigenvalue weighted by molar-refractivity contribution is 7.92. The van der Waals surface area contributed by atoms with Gasteiger partial charge in [-0.2, -0.15) is 13.2 Å². The van der Waals surface area contributed by atoms with Crippen LogP contribution in [-0.4, -0.2) is 50.0 Å². The highest BCUT2D eigenvalue weighted by Gasteiger charge is 2.32. The number of hydrogen-bond acceptors (Lipinski definition) is 4. The number of carbonyl (C=O) groups is 2. The number of anilines is 1. The summed E-state index contributed by atoms with van der Waals surface area (Å²) in [7, 11) is -3.93. The molecule has 0 heterocycles. The van der Waals surface area contributed by atoms with E-state index in [0.29, 0.717) is 11.4 Å². The molecule has 0 aromatic heterocycles. The molecule has 0 saturated carbocycles. The van der Waals surface area contributed by atoms with Crippen molar-refractivity contribution in [2.75, 3.05) is 17.1 Å². The first-order chi connectivity index (χ1) is 17.6. The summed E-state index contributed by atoms with van der Waals surface area (Å²) >= 11 is 5.97. The summed E-state index contributed by atoms with van der Waals surface area (Å²) in [5.74, 6) is -0.699. The third-order valence-electron chi connectivity index (χ3n) is 5.70. The van der Waals surface area contributed by atoms with E-state index >= 15 is 0 Å². The number of carbonyl (C=O) groups excluding carboxylic acids is 2. The molecule has 1 atom stereocenters. The number of rotatable bonds is 12. The zero-order valence-corrected chi connectivity index (χ0v) is 23.3. The largest absolute Gasteiger partial charge is 0.416 e. The first-order valence-electron chi connectivity index (χ1n) is 12.1. The molecular formula is C26H33ClF3N3O4S. The van der Waals surface area contributed by atoms with Crippen molar-refractivity contribution in [1.29, 1.82) is 0 Å². The highest BCUT2D eigenvalue weighted by Crippen LogP contribution is 2.32. The highest BCUT2D eigenvalue weighted by atomic mass is 35.5. The molecule has 0 aliphatic heterocycles. The fourth-order valence-corrected chi connectivity index (χ4v) is 5.01. The SMILES string of the molecule is CC[C@@H](C(=O)NC(C)C)N(Cc1ccc(Cl)cc1)C(=O)CCCN(c1cccc(C(F)(F)F)c1)S(C)(=O)=O. The number of alkyl halides is 3. The fourth-order valence-electron chi connectivity index (χ4n) is 3.93. The van der Waals surface area contributed by atoms with E-state index < -0.39 is 27.8 Å². The molecular weight excluding hydrogens is 543 g/mol. The van der Waals surface area contributed by atoms with E-state index in [-0.39, 0.29) is 49.5 Å². The predicted octanol–water partition coefficient (Wildman–Crippen LogP) is 5.24. The van der Waals surface area contributed by atoms with Crippen LogP contribution in [0.25, 0.3) is 0 Å². The van der Waals surface area contributed by atoms with Crippen LogP contribution in [0, 0.1) is 0 Å². The van der Waals surface area contributed by atoms with E-state index in [4.69, 9.17) is 11.6 Å². The number of nitrogens with one attached hydrogen (secondary N) is 1. The topological polar surface area (TPSA) is 86.8 Å². The summed E-state index contributed by atoms with van der Waals surface area (Å²) < 4.78 is 65.2. The molecule has 0 spiro atoms. The Morgan fingerprint density at radius 3 is 2.24 bits per heavy atom. The summed E-state index contributed by atoms with van der Waals surface area (Å²) in [6, 6.07) is 9.96. The Labute approximate surface area is 227 Å². The zero-order chi connectivity index (χ0) is 28.7. The maximum absolute atomic E-state index is 13.4. The van der Waals surface area contributed by atoms with Gasteiger partial charge >= 0.3 is 6.18 Å². The number of amides is 2. The van der Waals surface area contributed by atoms with Crippen molar-refractivity contribution in [2.24, 2.45) is 0 Å². The number of hydrogen-bond donors (Lipinski definition) is 1. The van der Waals surface area contributed by atoms with Crippen molar-refractivity contribution < 1.29 is 31.2 Å². The Bertz CT molecular complexity index is 1200. The molecule has 2 aromatic rings. The van der Waals surface area contributed by atoms with Gasteiger partial charge in [-0.25, -0.2) is 8.42 Å². The van der Waals surface area contributed by atoms with Gasteiger partial charge in [-0.15, -0.1) is 0 Å². The van der Waals surface area contributed by atoms with Crippen LogP contribution in [0.2, 0.25) is 5.02 Å². The fraction of sp³-hybridized carbons (Fsp3) is 0.462. The zero-order valence-electron chi connectivity index (χ0n) is 21.8. The van der Waals surface area contributed by atoms with E-state index in [1.807, 2.05) is 13.8 Å². The van der Waals surface area contributed by atoms with Gasteiger partial charge in [0, 0.05) is 30.6 Å². The van der Waals surface area contributed by atoms with Crippen molar-refractivity contribution in [3.63, 3.8) is 0 Å². The molecule has 2 rings (SSSR count). The molecule has 12 heteroatoms. The van der Waals surface area contributed by atoms with Crippen molar-refractivity contribution in [2.45, 2.75) is 64.8 Å². The maximum atomic E-state index is 13.4. The van der Waals surface area contributed by atoms with Crippen molar-refractivity contribution in [3.8, 4) is 0 Å². The van der Waals surface area contributed by atoms with Crippen LogP contribution >= 0.6 is 11.6 Å². The molecule has 0 unspecified atom stereocenters. The number of halogens is 4. The molecule has 0 aliphatic rings.